The van der Waals surface area contributed by atoms with Crippen LogP contribution in [0.1, 0.15) is 73.6 Å². The van der Waals surface area contributed by atoms with E-state index in [4.69, 9.17) is 0 Å². The maximum atomic E-state index is 13.4. The zero-order valence-corrected chi connectivity index (χ0v) is 19.2. The summed E-state index contributed by atoms with van der Waals surface area (Å²) in [6, 6.07) is -0.709. The number of hydrogen-bond acceptors (Lipinski definition) is 4. The van der Waals surface area contributed by atoms with Crippen LogP contribution >= 0.6 is 0 Å². The van der Waals surface area contributed by atoms with Crippen LogP contribution in [0.3, 0.4) is 0 Å². The Bertz CT molecular complexity index is 563. The molecule has 4 N–H and O–H groups in total. The average Bonchev–Trinajstić information content (AvgIpc) is 2.64. The third-order valence-corrected chi connectivity index (χ3v) is 6.14. The van der Waals surface area contributed by atoms with Crippen molar-refractivity contribution in [2.75, 3.05) is 7.05 Å². The number of rotatable bonds is 8. The molecule has 0 spiro atoms. The summed E-state index contributed by atoms with van der Waals surface area (Å²) in [5.74, 6) is -1.43. The van der Waals surface area contributed by atoms with Gasteiger partial charge in [-0.2, -0.15) is 0 Å². The molecule has 168 valence electrons. The van der Waals surface area contributed by atoms with Crippen molar-refractivity contribution in [3.05, 3.63) is 0 Å². The number of amides is 3. The van der Waals surface area contributed by atoms with Crippen molar-refractivity contribution in [1.29, 1.82) is 0 Å². The van der Waals surface area contributed by atoms with Gasteiger partial charge >= 0.3 is 0 Å². The van der Waals surface area contributed by atoms with E-state index in [0.717, 1.165) is 25.7 Å². The molecule has 0 aromatic rings. The first-order valence-corrected chi connectivity index (χ1v) is 10.9. The van der Waals surface area contributed by atoms with Crippen molar-refractivity contribution in [2.24, 2.45) is 35.0 Å². The second-order valence-corrected chi connectivity index (χ2v) is 10.2. The number of hydrogen-bond donors (Lipinski definition) is 4. The van der Waals surface area contributed by atoms with Crippen LogP contribution in [0.2, 0.25) is 0 Å². The molecule has 0 saturated heterocycles. The molecule has 1 aliphatic rings. The quantitative estimate of drug-likeness (QED) is 0.364. The minimum Gasteiger partial charge on any atom is -0.357 e. The van der Waals surface area contributed by atoms with E-state index in [1.165, 1.54) is 0 Å². The van der Waals surface area contributed by atoms with E-state index in [0.29, 0.717) is 12.3 Å². The molecule has 3 amide bonds. The standard InChI is InChI=1S/C22H41N3O4/c1-13(2)12-16(19(26)24-18(21(28)23-7)22(4,5)6)17(20(27)25-29)15-10-8-14(3)9-11-15/h13-18,29H,8-12H2,1-7H3,(H,23,28)(H,24,26)(H,25,27)/t14?,15?,16?,17-,18+/m0/s1. The Labute approximate surface area is 175 Å². The first-order valence-electron chi connectivity index (χ1n) is 10.9. The van der Waals surface area contributed by atoms with Crippen molar-refractivity contribution in [3.8, 4) is 0 Å². The van der Waals surface area contributed by atoms with Crippen molar-refractivity contribution in [2.45, 2.75) is 79.7 Å². The van der Waals surface area contributed by atoms with E-state index in [9.17, 15) is 19.6 Å². The van der Waals surface area contributed by atoms with Gasteiger partial charge < -0.3 is 10.6 Å². The van der Waals surface area contributed by atoms with Gasteiger partial charge in [-0.25, -0.2) is 5.48 Å². The van der Waals surface area contributed by atoms with Crippen LogP contribution in [0.25, 0.3) is 0 Å². The smallest absolute Gasteiger partial charge is 0.247 e. The van der Waals surface area contributed by atoms with E-state index in [-0.39, 0.29) is 23.7 Å². The Morgan fingerprint density at radius 1 is 1.00 bits per heavy atom. The van der Waals surface area contributed by atoms with Crippen LogP contribution in [-0.2, 0) is 14.4 Å². The lowest BCUT2D eigenvalue weighted by Gasteiger charge is -2.37. The second kappa shape index (κ2) is 11.0. The van der Waals surface area contributed by atoms with Crippen molar-refractivity contribution in [1.82, 2.24) is 16.1 Å². The molecule has 1 saturated carbocycles. The zero-order chi connectivity index (χ0) is 22.4. The highest BCUT2D eigenvalue weighted by Gasteiger charge is 2.42. The molecule has 0 bridgehead atoms. The Balaban J connectivity index is 3.20. The molecule has 0 aromatic carbocycles. The maximum absolute atomic E-state index is 13.4. The highest BCUT2D eigenvalue weighted by Crippen LogP contribution is 2.39. The molecule has 0 aliphatic heterocycles. The maximum Gasteiger partial charge on any atom is 0.247 e. The largest absolute Gasteiger partial charge is 0.357 e. The zero-order valence-electron chi connectivity index (χ0n) is 19.2. The number of nitrogens with one attached hydrogen (secondary N) is 3. The minimum absolute atomic E-state index is 0.0425. The SMILES string of the molecule is CNC(=O)[C@@H](NC(=O)C(CC(C)C)[C@@H](C(=O)NO)C1CCC(C)CC1)C(C)(C)C. The highest BCUT2D eigenvalue weighted by atomic mass is 16.5. The van der Waals surface area contributed by atoms with Gasteiger partial charge in [0.25, 0.3) is 0 Å². The molecule has 1 fully saturated rings. The van der Waals surface area contributed by atoms with Gasteiger partial charge in [-0.05, 0) is 42.4 Å². The van der Waals surface area contributed by atoms with E-state index < -0.39 is 29.2 Å². The Hall–Kier alpha value is -1.63. The van der Waals surface area contributed by atoms with E-state index in [1.54, 1.807) is 12.5 Å². The number of likely N-dealkylation sites (N-methyl/N-ethyl adjacent to an activating group) is 1. The van der Waals surface area contributed by atoms with Crippen molar-refractivity contribution in [3.63, 3.8) is 0 Å². The van der Waals surface area contributed by atoms with Crippen LogP contribution in [0.4, 0.5) is 0 Å². The van der Waals surface area contributed by atoms with Gasteiger partial charge in [0.2, 0.25) is 17.7 Å². The molecular formula is C22H41N3O4. The molecule has 29 heavy (non-hydrogen) atoms. The molecule has 0 radical (unpaired) electrons. The van der Waals surface area contributed by atoms with Crippen molar-refractivity contribution < 1.29 is 19.6 Å². The summed E-state index contributed by atoms with van der Waals surface area (Å²) in [6.45, 7) is 11.9. The average molecular weight is 412 g/mol. The third-order valence-electron chi connectivity index (χ3n) is 6.14. The monoisotopic (exact) mass is 411 g/mol. The van der Waals surface area contributed by atoms with Gasteiger partial charge in [0, 0.05) is 7.05 Å². The molecular weight excluding hydrogens is 370 g/mol. The summed E-state index contributed by atoms with van der Waals surface area (Å²) in [7, 11) is 1.55. The number of hydroxylamine groups is 1. The molecule has 7 nitrogen and oxygen atoms in total. The van der Waals surface area contributed by atoms with Crippen LogP contribution in [-0.4, -0.2) is 36.0 Å². The molecule has 1 rings (SSSR count). The molecule has 3 atom stereocenters. The van der Waals surface area contributed by atoms with Gasteiger partial charge in [0.15, 0.2) is 0 Å². The first-order chi connectivity index (χ1) is 13.4. The number of carbonyl (C=O) groups excluding carboxylic acids is 3. The van der Waals surface area contributed by atoms with Crippen molar-refractivity contribution >= 4 is 17.7 Å². The Morgan fingerprint density at radius 2 is 1.55 bits per heavy atom. The summed E-state index contributed by atoms with van der Waals surface area (Å²) >= 11 is 0. The lowest BCUT2D eigenvalue weighted by Crippen LogP contribution is -2.56. The topological polar surface area (TPSA) is 108 Å². The summed E-state index contributed by atoms with van der Waals surface area (Å²) in [6.07, 6.45) is 4.26. The molecule has 1 unspecified atom stereocenters. The van der Waals surface area contributed by atoms with Gasteiger partial charge in [0.1, 0.15) is 6.04 Å². The Morgan fingerprint density at radius 3 is 1.97 bits per heavy atom. The predicted molar refractivity (Wildman–Crippen MR) is 113 cm³/mol. The van der Waals surface area contributed by atoms with Crippen LogP contribution in [0.5, 0.6) is 0 Å². The highest BCUT2D eigenvalue weighted by molar-refractivity contribution is 5.91. The fourth-order valence-corrected chi connectivity index (χ4v) is 4.44. The van der Waals surface area contributed by atoms with Gasteiger partial charge in [-0.3, -0.25) is 19.6 Å². The summed E-state index contributed by atoms with van der Waals surface area (Å²) in [4.78, 5) is 38.4. The van der Waals surface area contributed by atoms with E-state index >= 15 is 0 Å². The van der Waals surface area contributed by atoms with E-state index in [1.807, 2.05) is 34.6 Å². The van der Waals surface area contributed by atoms with Gasteiger partial charge in [-0.15, -0.1) is 0 Å². The molecule has 0 aromatic heterocycles. The predicted octanol–water partition coefficient (Wildman–Crippen LogP) is 2.87. The Kier molecular flexibility index (Phi) is 9.59. The summed E-state index contributed by atoms with van der Waals surface area (Å²) in [5.41, 5.74) is 1.32. The fraction of sp³-hybridized carbons (Fsp3) is 0.864. The van der Waals surface area contributed by atoms with Crippen LogP contribution < -0.4 is 16.1 Å². The molecule has 0 heterocycles. The lowest BCUT2D eigenvalue weighted by molar-refractivity contribution is -0.145. The van der Waals surface area contributed by atoms with Crippen LogP contribution in [0.15, 0.2) is 0 Å². The van der Waals surface area contributed by atoms with Gasteiger partial charge in [-0.1, -0.05) is 54.4 Å². The first kappa shape index (κ1) is 25.4. The number of carbonyl (C=O) groups is 3. The fourth-order valence-electron chi connectivity index (χ4n) is 4.44. The lowest BCUT2D eigenvalue weighted by atomic mass is 9.69. The van der Waals surface area contributed by atoms with E-state index in [2.05, 4.69) is 17.6 Å². The third kappa shape index (κ3) is 7.28. The second-order valence-electron chi connectivity index (χ2n) is 10.2. The van der Waals surface area contributed by atoms with Crippen LogP contribution in [0, 0.1) is 35.0 Å². The summed E-state index contributed by atoms with van der Waals surface area (Å²) < 4.78 is 0. The van der Waals surface area contributed by atoms with Gasteiger partial charge in [0.05, 0.1) is 11.8 Å². The molecule has 7 heteroatoms. The summed E-state index contributed by atoms with van der Waals surface area (Å²) in [5, 5.41) is 14.9. The normalized spacial score (nSPS) is 23.1. The molecule has 1 aliphatic carbocycles. The minimum atomic E-state index is -0.709.